The number of carbonyl (C=O) groups excluding carboxylic acids is 1. The van der Waals surface area contributed by atoms with Crippen molar-refractivity contribution < 1.29 is 4.79 Å². The monoisotopic (exact) mass is 293 g/mol. The van der Waals surface area contributed by atoms with Crippen molar-refractivity contribution in [2.75, 3.05) is 11.9 Å². The topological polar surface area (TPSA) is 20.3 Å². The van der Waals surface area contributed by atoms with Crippen LogP contribution in [0, 0.1) is 0 Å². The van der Waals surface area contributed by atoms with Gasteiger partial charge in [-0.25, -0.2) is 0 Å². The molecule has 0 saturated heterocycles. The molecule has 2 rings (SSSR count). The molecule has 0 fully saturated rings. The average Bonchev–Trinajstić information content (AvgIpc) is 2.38. The predicted octanol–water partition coefficient (Wildman–Crippen LogP) is 4.44. The Labute approximate surface area is 122 Å². The third-order valence-corrected chi connectivity index (χ3v) is 3.42. The second-order valence-electron chi connectivity index (χ2n) is 4.31. The summed E-state index contributed by atoms with van der Waals surface area (Å²) < 4.78 is 0. The van der Waals surface area contributed by atoms with Crippen molar-refractivity contribution >= 4 is 35.2 Å². The van der Waals surface area contributed by atoms with Crippen molar-refractivity contribution in [1.82, 2.24) is 0 Å². The minimum atomic E-state index is 0.463. The van der Waals surface area contributed by atoms with Crippen LogP contribution in [0.25, 0.3) is 0 Å². The van der Waals surface area contributed by atoms with Crippen LogP contribution in [0.5, 0.6) is 0 Å². The standard InChI is InChI=1S/C15H13Cl2NO/c1-18(9-11-3-2-4-13(16)7-11)14-6-5-12(10-19)15(17)8-14/h2-8,10H,9H2,1H3. The molecule has 0 bridgehead atoms. The van der Waals surface area contributed by atoms with Crippen molar-refractivity contribution in [1.29, 1.82) is 0 Å². The number of anilines is 1. The van der Waals surface area contributed by atoms with E-state index in [0.29, 0.717) is 10.6 Å². The van der Waals surface area contributed by atoms with Gasteiger partial charge in [0.2, 0.25) is 0 Å². The van der Waals surface area contributed by atoms with Crippen LogP contribution in [-0.4, -0.2) is 13.3 Å². The summed E-state index contributed by atoms with van der Waals surface area (Å²) in [6.45, 7) is 0.720. The van der Waals surface area contributed by atoms with Gasteiger partial charge in [0.25, 0.3) is 0 Å². The van der Waals surface area contributed by atoms with Gasteiger partial charge in [-0.2, -0.15) is 0 Å². The van der Waals surface area contributed by atoms with E-state index >= 15 is 0 Å². The van der Waals surface area contributed by atoms with Gasteiger partial charge in [0.1, 0.15) is 0 Å². The Morgan fingerprint density at radius 3 is 2.58 bits per heavy atom. The van der Waals surface area contributed by atoms with Crippen molar-refractivity contribution in [3.63, 3.8) is 0 Å². The molecule has 0 heterocycles. The minimum Gasteiger partial charge on any atom is -0.370 e. The van der Waals surface area contributed by atoms with Crippen molar-refractivity contribution in [2.24, 2.45) is 0 Å². The summed E-state index contributed by atoms with van der Waals surface area (Å²) in [5.74, 6) is 0. The first-order valence-electron chi connectivity index (χ1n) is 5.80. The average molecular weight is 294 g/mol. The second-order valence-corrected chi connectivity index (χ2v) is 5.15. The van der Waals surface area contributed by atoms with Gasteiger partial charge >= 0.3 is 0 Å². The molecular weight excluding hydrogens is 281 g/mol. The summed E-state index contributed by atoms with van der Waals surface area (Å²) in [6.07, 6.45) is 0.753. The number of nitrogens with zero attached hydrogens (tertiary/aromatic N) is 1. The lowest BCUT2D eigenvalue weighted by atomic mass is 10.2. The van der Waals surface area contributed by atoms with E-state index in [2.05, 4.69) is 0 Å². The van der Waals surface area contributed by atoms with Gasteiger partial charge in [0.15, 0.2) is 6.29 Å². The fraction of sp³-hybridized carbons (Fsp3) is 0.133. The van der Waals surface area contributed by atoms with Crippen LogP contribution in [0.1, 0.15) is 15.9 Å². The molecule has 0 saturated carbocycles. The first-order valence-corrected chi connectivity index (χ1v) is 6.56. The Bertz CT molecular complexity index is 598. The number of rotatable bonds is 4. The highest BCUT2D eigenvalue weighted by Gasteiger charge is 2.06. The molecule has 19 heavy (non-hydrogen) atoms. The van der Waals surface area contributed by atoms with Gasteiger partial charge in [-0.05, 0) is 35.9 Å². The van der Waals surface area contributed by atoms with E-state index in [1.807, 2.05) is 42.3 Å². The molecule has 2 nitrogen and oxygen atoms in total. The summed E-state index contributed by atoms with van der Waals surface area (Å²) in [5.41, 5.74) is 2.57. The van der Waals surface area contributed by atoms with Crippen LogP contribution in [-0.2, 0) is 6.54 Å². The number of hydrogen-bond acceptors (Lipinski definition) is 2. The smallest absolute Gasteiger partial charge is 0.151 e. The maximum atomic E-state index is 10.7. The van der Waals surface area contributed by atoms with Gasteiger partial charge in [-0.1, -0.05) is 35.3 Å². The fourth-order valence-corrected chi connectivity index (χ4v) is 2.28. The lowest BCUT2D eigenvalue weighted by Crippen LogP contribution is -2.16. The number of aldehydes is 1. The summed E-state index contributed by atoms with van der Waals surface area (Å²) in [4.78, 5) is 12.8. The fourth-order valence-electron chi connectivity index (χ4n) is 1.85. The molecule has 0 N–H and O–H groups in total. The lowest BCUT2D eigenvalue weighted by Gasteiger charge is -2.20. The summed E-state index contributed by atoms with van der Waals surface area (Å²) in [6, 6.07) is 13.1. The Morgan fingerprint density at radius 1 is 1.16 bits per heavy atom. The predicted molar refractivity (Wildman–Crippen MR) is 80.4 cm³/mol. The number of carbonyl (C=O) groups is 1. The van der Waals surface area contributed by atoms with Crippen LogP contribution in [0.2, 0.25) is 10.0 Å². The van der Waals surface area contributed by atoms with E-state index in [4.69, 9.17) is 23.2 Å². The molecule has 0 unspecified atom stereocenters. The third kappa shape index (κ3) is 3.49. The van der Waals surface area contributed by atoms with Gasteiger partial charge in [0.05, 0.1) is 5.02 Å². The summed E-state index contributed by atoms with van der Waals surface area (Å²) in [7, 11) is 1.97. The van der Waals surface area contributed by atoms with Gasteiger partial charge in [-0.15, -0.1) is 0 Å². The van der Waals surface area contributed by atoms with Crippen LogP contribution in [0.3, 0.4) is 0 Å². The molecular formula is C15H13Cl2NO. The highest BCUT2D eigenvalue weighted by Crippen LogP contribution is 2.23. The third-order valence-electron chi connectivity index (χ3n) is 2.86. The normalized spacial score (nSPS) is 10.3. The van der Waals surface area contributed by atoms with Gasteiger partial charge < -0.3 is 4.90 Å². The molecule has 4 heteroatoms. The van der Waals surface area contributed by atoms with E-state index < -0.39 is 0 Å². The van der Waals surface area contributed by atoms with Gasteiger partial charge in [0, 0.05) is 29.9 Å². The maximum Gasteiger partial charge on any atom is 0.151 e. The van der Waals surface area contributed by atoms with Crippen LogP contribution in [0.15, 0.2) is 42.5 Å². The quantitative estimate of drug-likeness (QED) is 0.777. The molecule has 0 spiro atoms. The van der Waals surface area contributed by atoms with Crippen LogP contribution < -0.4 is 4.90 Å². The van der Waals surface area contributed by atoms with Crippen molar-refractivity contribution in [3.05, 3.63) is 63.6 Å². The molecule has 2 aromatic rings. The molecule has 0 amide bonds. The molecule has 0 aliphatic rings. The largest absolute Gasteiger partial charge is 0.370 e. The van der Waals surface area contributed by atoms with Gasteiger partial charge in [-0.3, -0.25) is 4.79 Å². The highest BCUT2D eigenvalue weighted by atomic mass is 35.5. The van der Waals surface area contributed by atoms with Crippen molar-refractivity contribution in [2.45, 2.75) is 6.54 Å². The van der Waals surface area contributed by atoms with Crippen LogP contribution in [0.4, 0.5) is 5.69 Å². The maximum absolute atomic E-state index is 10.7. The first-order chi connectivity index (χ1) is 9.10. The Hall–Kier alpha value is -1.51. The SMILES string of the molecule is CN(Cc1cccc(Cl)c1)c1ccc(C=O)c(Cl)c1. The minimum absolute atomic E-state index is 0.463. The molecule has 0 aromatic heterocycles. The first kappa shape index (κ1) is 13.9. The molecule has 0 radical (unpaired) electrons. The second kappa shape index (κ2) is 6.09. The van der Waals surface area contributed by atoms with Crippen molar-refractivity contribution in [3.8, 4) is 0 Å². The van der Waals surface area contributed by atoms with E-state index in [-0.39, 0.29) is 0 Å². The van der Waals surface area contributed by atoms with E-state index in [1.54, 1.807) is 12.1 Å². The molecule has 2 aromatic carbocycles. The molecule has 0 aliphatic heterocycles. The summed E-state index contributed by atoms with van der Waals surface area (Å²) >= 11 is 12.0. The van der Waals surface area contributed by atoms with E-state index in [0.717, 1.165) is 29.1 Å². The summed E-state index contributed by atoms with van der Waals surface area (Å²) in [5, 5.41) is 1.19. The zero-order valence-electron chi connectivity index (χ0n) is 10.4. The zero-order valence-corrected chi connectivity index (χ0v) is 11.9. The molecule has 0 aliphatic carbocycles. The number of halogens is 2. The Balaban J connectivity index is 2.18. The lowest BCUT2D eigenvalue weighted by molar-refractivity contribution is 0.112. The number of benzene rings is 2. The molecule has 0 atom stereocenters. The zero-order chi connectivity index (χ0) is 13.8. The molecule has 98 valence electrons. The highest BCUT2D eigenvalue weighted by molar-refractivity contribution is 6.33. The van der Waals surface area contributed by atoms with E-state index in [1.165, 1.54) is 0 Å². The van der Waals surface area contributed by atoms with E-state index in [9.17, 15) is 4.79 Å². The Kier molecular flexibility index (Phi) is 4.46. The number of hydrogen-bond donors (Lipinski definition) is 0. The Morgan fingerprint density at radius 2 is 1.95 bits per heavy atom. The van der Waals surface area contributed by atoms with Crippen LogP contribution >= 0.6 is 23.2 Å².